The number of rotatable bonds is 5. The van der Waals surface area contributed by atoms with E-state index in [-0.39, 0.29) is 0 Å². The summed E-state index contributed by atoms with van der Waals surface area (Å²) in [6, 6.07) is 8.12. The lowest BCUT2D eigenvalue weighted by Gasteiger charge is -1.99. The fourth-order valence-corrected chi connectivity index (χ4v) is 1.49. The molecule has 0 heteroatoms. The Labute approximate surface area is 93.0 Å². The lowest BCUT2D eigenvalue weighted by atomic mass is 10.0. The van der Waals surface area contributed by atoms with Crippen molar-refractivity contribution < 1.29 is 0 Å². The van der Waals surface area contributed by atoms with Crippen molar-refractivity contribution in [1.82, 2.24) is 0 Å². The van der Waals surface area contributed by atoms with E-state index in [1.165, 1.54) is 24.8 Å². The van der Waals surface area contributed by atoms with Gasteiger partial charge in [0.1, 0.15) is 0 Å². The molecule has 0 aliphatic heterocycles. The number of terminal acetylenes is 1. The Bertz CT molecular complexity index is 353. The molecule has 0 aliphatic rings. The van der Waals surface area contributed by atoms with Gasteiger partial charge in [0.15, 0.2) is 0 Å². The second kappa shape index (κ2) is 6.90. The zero-order valence-electron chi connectivity index (χ0n) is 9.37. The van der Waals surface area contributed by atoms with Crippen molar-refractivity contribution in [1.29, 1.82) is 0 Å². The molecular formula is C15H18. The van der Waals surface area contributed by atoms with Crippen LogP contribution in [0.5, 0.6) is 0 Å². The van der Waals surface area contributed by atoms with E-state index in [0.717, 1.165) is 12.0 Å². The number of hydrogen-bond acceptors (Lipinski definition) is 0. The maximum Gasteiger partial charge on any atom is 0.0277 e. The second-order valence-electron chi connectivity index (χ2n) is 3.62. The first-order valence-corrected chi connectivity index (χ1v) is 5.58. The van der Waals surface area contributed by atoms with E-state index >= 15 is 0 Å². The largest absolute Gasteiger partial charge is 0.115 e. The monoisotopic (exact) mass is 198 g/mol. The molecule has 0 amide bonds. The molecule has 0 N–H and O–H groups in total. The van der Waals surface area contributed by atoms with Gasteiger partial charge in [0.05, 0.1) is 0 Å². The van der Waals surface area contributed by atoms with Crippen LogP contribution in [0.2, 0.25) is 0 Å². The Morgan fingerprint density at radius 2 is 2.07 bits per heavy atom. The molecule has 0 fully saturated rings. The molecule has 1 aromatic carbocycles. The molecule has 0 unspecified atom stereocenters. The molecule has 15 heavy (non-hydrogen) atoms. The Morgan fingerprint density at radius 1 is 1.27 bits per heavy atom. The van der Waals surface area contributed by atoms with Gasteiger partial charge in [0.2, 0.25) is 0 Å². The number of hydrogen-bond donors (Lipinski definition) is 0. The summed E-state index contributed by atoms with van der Waals surface area (Å²) in [6.45, 7) is 2.21. The summed E-state index contributed by atoms with van der Waals surface area (Å²) in [5.41, 5.74) is 2.25. The van der Waals surface area contributed by atoms with Crippen LogP contribution in [0.25, 0.3) is 0 Å². The van der Waals surface area contributed by atoms with E-state index in [1.807, 2.05) is 18.2 Å². The van der Waals surface area contributed by atoms with Crippen molar-refractivity contribution in [3.8, 4) is 12.3 Å². The molecular weight excluding hydrogens is 180 g/mol. The van der Waals surface area contributed by atoms with Crippen LogP contribution in [0.15, 0.2) is 36.4 Å². The Balaban J connectivity index is 2.50. The van der Waals surface area contributed by atoms with Gasteiger partial charge in [-0.05, 0) is 24.5 Å². The molecule has 0 nitrogen and oxygen atoms in total. The normalized spacial score (nSPS) is 10.4. The summed E-state index contributed by atoms with van der Waals surface area (Å²) in [5.74, 6) is 2.71. The lowest BCUT2D eigenvalue weighted by molar-refractivity contribution is 0.813. The average Bonchev–Trinajstić information content (AvgIpc) is 2.29. The molecule has 0 saturated carbocycles. The van der Waals surface area contributed by atoms with Crippen LogP contribution < -0.4 is 0 Å². The SMILES string of the molecule is C#Cc1ccccc1CC=CCCCC. The van der Waals surface area contributed by atoms with Gasteiger partial charge in [0, 0.05) is 5.56 Å². The maximum absolute atomic E-state index is 5.43. The van der Waals surface area contributed by atoms with Crippen molar-refractivity contribution in [2.75, 3.05) is 0 Å². The minimum absolute atomic E-state index is 0.948. The van der Waals surface area contributed by atoms with Crippen molar-refractivity contribution in [2.45, 2.75) is 32.6 Å². The highest BCUT2D eigenvalue weighted by Crippen LogP contribution is 2.08. The van der Waals surface area contributed by atoms with Gasteiger partial charge >= 0.3 is 0 Å². The minimum atomic E-state index is 0.948. The molecule has 0 atom stereocenters. The standard InChI is InChI=1S/C15H18/c1-3-5-6-7-8-12-15-13-10-9-11-14(15)4-2/h2,7-11,13H,3,5-6,12H2,1H3. The third kappa shape index (κ3) is 4.04. The van der Waals surface area contributed by atoms with E-state index in [4.69, 9.17) is 6.42 Å². The van der Waals surface area contributed by atoms with Crippen molar-refractivity contribution in [3.05, 3.63) is 47.5 Å². The molecule has 0 aliphatic carbocycles. The summed E-state index contributed by atoms with van der Waals surface area (Å²) >= 11 is 0. The predicted molar refractivity (Wildman–Crippen MR) is 66.7 cm³/mol. The van der Waals surface area contributed by atoms with Crippen LogP contribution in [0.1, 0.15) is 37.3 Å². The molecule has 0 spiro atoms. The van der Waals surface area contributed by atoms with E-state index in [0.29, 0.717) is 0 Å². The number of allylic oxidation sites excluding steroid dienone is 2. The first-order chi connectivity index (χ1) is 7.38. The fraction of sp³-hybridized carbons (Fsp3) is 0.333. The molecule has 1 rings (SSSR count). The minimum Gasteiger partial charge on any atom is -0.115 e. The van der Waals surface area contributed by atoms with Crippen LogP contribution in [-0.2, 0) is 6.42 Å². The van der Waals surface area contributed by atoms with Gasteiger partial charge in [0.25, 0.3) is 0 Å². The Kier molecular flexibility index (Phi) is 5.33. The fourth-order valence-electron chi connectivity index (χ4n) is 1.49. The third-order valence-electron chi connectivity index (χ3n) is 2.40. The van der Waals surface area contributed by atoms with E-state index < -0.39 is 0 Å². The van der Waals surface area contributed by atoms with Crippen LogP contribution >= 0.6 is 0 Å². The van der Waals surface area contributed by atoms with Gasteiger partial charge in [-0.15, -0.1) is 6.42 Å². The highest BCUT2D eigenvalue weighted by molar-refractivity contribution is 5.40. The Morgan fingerprint density at radius 3 is 2.80 bits per heavy atom. The quantitative estimate of drug-likeness (QED) is 0.382. The number of unbranched alkanes of at least 4 members (excludes halogenated alkanes) is 2. The third-order valence-corrected chi connectivity index (χ3v) is 2.40. The van der Waals surface area contributed by atoms with Crippen molar-refractivity contribution in [3.63, 3.8) is 0 Å². The molecule has 0 heterocycles. The molecule has 0 radical (unpaired) electrons. The van der Waals surface area contributed by atoms with E-state index in [2.05, 4.69) is 31.1 Å². The smallest absolute Gasteiger partial charge is 0.0277 e. The highest BCUT2D eigenvalue weighted by Gasteiger charge is 1.94. The maximum atomic E-state index is 5.43. The van der Waals surface area contributed by atoms with Gasteiger partial charge in [-0.25, -0.2) is 0 Å². The van der Waals surface area contributed by atoms with Gasteiger partial charge in [-0.3, -0.25) is 0 Å². The highest BCUT2D eigenvalue weighted by atomic mass is 14.0. The summed E-state index contributed by atoms with van der Waals surface area (Å²) in [7, 11) is 0. The van der Waals surface area contributed by atoms with Crippen molar-refractivity contribution in [2.24, 2.45) is 0 Å². The molecule has 78 valence electrons. The van der Waals surface area contributed by atoms with Gasteiger partial charge < -0.3 is 0 Å². The molecule has 0 saturated heterocycles. The second-order valence-corrected chi connectivity index (χ2v) is 3.62. The summed E-state index contributed by atoms with van der Waals surface area (Å²) in [4.78, 5) is 0. The van der Waals surface area contributed by atoms with E-state index in [1.54, 1.807) is 0 Å². The topological polar surface area (TPSA) is 0 Å². The Hall–Kier alpha value is -1.48. The zero-order chi connectivity index (χ0) is 10.9. The molecule has 1 aromatic rings. The summed E-state index contributed by atoms with van der Waals surface area (Å²) in [6.07, 6.45) is 14.5. The van der Waals surface area contributed by atoms with Crippen LogP contribution in [0.3, 0.4) is 0 Å². The zero-order valence-corrected chi connectivity index (χ0v) is 9.37. The first kappa shape index (κ1) is 11.6. The van der Waals surface area contributed by atoms with Crippen LogP contribution in [0, 0.1) is 12.3 Å². The van der Waals surface area contributed by atoms with E-state index in [9.17, 15) is 0 Å². The summed E-state index contributed by atoms with van der Waals surface area (Å²) in [5, 5.41) is 0. The van der Waals surface area contributed by atoms with Crippen LogP contribution in [0.4, 0.5) is 0 Å². The average molecular weight is 198 g/mol. The summed E-state index contributed by atoms with van der Waals surface area (Å²) < 4.78 is 0. The molecule has 0 bridgehead atoms. The van der Waals surface area contributed by atoms with Crippen molar-refractivity contribution >= 4 is 0 Å². The predicted octanol–water partition coefficient (Wildman–Crippen LogP) is 3.96. The van der Waals surface area contributed by atoms with Crippen LogP contribution in [-0.4, -0.2) is 0 Å². The lowest BCUT2D eigenvalue weighted by Crippen LogP contribution is -1.86. The first-order valence-electron chi connectivity index (χ1n) is 5.58. The van der Waals surface area contributed by atoms with Gasteiger partial charge in [-0.1, -0.05) is 56.0 Å². The molecule has 0 aromatic heterocycles. The number of benzene rings is 1. The van der Waals surface area contributed by atoms with Gasteiger partial charge in [-0.2, -0.15) is 0 Å².